The van der Waals surface area contributed by atoms with Gasteiger partial charge in [-0.2, -0.15) is 0 Å². The summed E-state index contributed by atoms with van der Waals surface area (Å²) >= 11 is 0. The molecule has 0 saturated heterocycles. The number of aryl methyl sites for hydroxylation is 1. The van der Waals surface area contributed by atoms with E-state index in [-0.39, 0.29) is 29.6 Å². The smallest absolute Gasteiger partial charge is 0.258 e. The van der Waals surface area contributed by atoms with Crippen molar-refractivity contribution in [3.63, 3.8) is 0 Å². The number of hydrogen-bond acceptors (Lipinski definition) is 2. The molecule has 3 nitrogen and oxygen atoms in total. The van der Waals surface area contributed by atoms with Gasteiger partial charge in [0.15, 0.2) is 0 Å². The number of carbonyl (C=O) groups excluding carboxylic acids is 1. The van der Waals surface area contributed by atoms with Gasteiger partial charge in [-0.3, -0.25) is 4.79 Å². The van der Waals surface area contributed by atoms with E-state index in [4.69, 9.17) is 0 Å². The third-order valence-corrected chi connectivity index (χ3v) is 5.42. The van der Waals surface area contributed by atoms with Gasteiger partial charge >= 0.3 is 0 Å². The lowest BCUT2D eigenvalue weighted by molar-refractivity contribution is 0.0973. The van der Waals surface area contributed by atoms with E-state index in [0.29, 0.717) is 23.2 Å². The zero-order valence-electron chi connectivity index (χ0n) is 16.3. The van der Waals surface area contributed by atoms with Crippen LogP contribution in [-0.2, 0) is 0 Å². The van der Waals surface area contributed by atoms with Crippen molar-refractivity contribution in [1.82, 2.24) is 0 Å². The fourth-order valence-electron chi connectivity index (χ4n) is 3.97. The van der Waals surface area contributed by atoms with Gasteiger partial charge in [0.05, 0.1) is 6.04 Å². The number of rotatable bonds is 3. The van der Waals surface area contributed by atoms with Crippen molar-refractivity contribution in [2.45, 2.75) is 32.4 Å². The first-order chi connectivity index (χ1) is 13.9. The highest BCUT2D eigenvalue weighted by molar-refractivity contribution is 6.08. The number of hydrogen-bond donors (Lipinski definition) is 1. The molecule has 3 aromatic rings. The normalized spacial score (nSPS) is 18.3. The average Bonchev–Trinajstić information content (AvgIpc) is 2.70. The van der Waals surface area contributed by atoms with Crippen LogP contribution in [0.25, 0.3) is 0 Å². The van der Waals surface area contributed by atoms with Gasteiger partial charge in [-0.25, -0.2) is 8.78 Å². The Kier molecular flexibility index (Phi) is 5.05. The molecule has 0 radical (unpaired) electrons. The van der Waals surface area contributed by atoms with E-state index in [0.717, 1.165) is 11.3 Å². The largest absolute Gasteiger partial charge is 0.378 e. The summed E-state index contributed by atoms with van der Waals surface area (Å²) in [6, 6.07) is 17.8. The molecule has 1 heterocycles. The van der Waals surface area contributed by atoms with Crippen molar-refractivity contribution in [3.05, 3.63) is 95.1 Å². The van der Waals surface area contributed by atoms with Crippen LogP contribution in [0.15, 0.2) is 66.7 Å². The van der Waals surface area contributed by atoms with Gasteiger partial charge in [0, 0.05) is 28.5 Å². The number of fused-ring (bicyclic) bond motifs is 1. The third-order valence-electron chi connectivity index (χ3n) is 5.42. The number of halogens is 2. The van der Waals surface area contributed by atoms with E-state index in [1.165, 1.54) is 24.3 Å². The van der Waals surface area contributed by atoms with Crippen LogP contribution in [-0.4, -0.2) is 11.9 Å². The Morgan fingerprint density at radius 3 is 2.41 bits per heavy atom. The predicted octanol–water partition coefficient (Wildman–Crippen LogP) is 5.87. The lowest BCUT2D eigenvalue weighted by Crippen LogP contribution is -2.44. The molecule has 0 bridgehead atoms. The second kappa shape index (κ2) is 7.66. The Hall–Kier alpha value is -3.21. The van der Waals surface area contributed by atoms with Crippen molar-refractivity contribution in [2.75, 3.05) is 10.2 Å². The molecule has 0 fully saturated rings. The third kappa shape index (κ3) is 3.73. The highest BCUT2D eigenvalue weighted by atomic mass is 19.1. The van der Waals surface area contributed by atoms with Crippen molar-refractivity contribution >= 4 is 17.3 Å². The van der Waals surface area contributed by atoms with Crippen LogP contribution in [0.4, 0.5) is 20.2 Å². The minimum Gasteiger partial charge on any atom is -0.378 e. The number of anilines is 2. The summed E-state index contributed by atoms with van der Waals surface area (Å²) in [4.78, 5) is 15.1. The lowest BCUT2D eigenvalue weighted by atomic mass is 9.90. The zero-order chi connectivity index (χ0) is 20.5. The molecule has 3 aromatic carbocycles. The van der Waals surface area contributed by atoms with Gasteiger partial charge < -0.3 is 10.2 Å². The molecule has 4 rings (SSSR count). The molecule has 0 spiro atoms. The summed E-state index contributed by atoms with van der Waals surface area (Å²) in [6.07, 6.45) is 0.603. The number of nitrogens with one attached hydrogen (secondary N) is 1. The molecule has 1 N–H and O–H groups in total. The topological polar surface area (TPSA) is 32.3 Å². The molecule has 0 saturated carbocycles. The van der Waals surface area contributed by atoms with Crippen LogP contribution in [0.3, 0.4) is 0 Å². The maximum absolute atomic E-state index is 14.1. The minimum atomic E-state index is -0.354. The summed E-state index contributed by atoms with van der Waals surface area (Å²) in [5.41, 5.74) is 3.70. The van der Waals surface area contributed by atoms with E-state index >= 15 is 0 Å². The van der Waals surface area contributed by atoms with Crippen LogP contribution in [0, 0.1) is 18.6 Å². The maximum atomic E-state index is 14.1. The first-order valence-electron chi connectivity index (χ1n) is 9.65. The van der Waals surface area contributed by atoms with Crippen LogP contribution >= 0.6 is 0 Å². The van der Waals surface area contributed by atoms with Crippen LogP contribution < -0.4 is 10.2 Å². The molecular weight excluding hydrogens is 370 g/mol. The monoisotopic (exact) mass is 392 g/mol. The molecule has 0 aliphatic carbocycles. The highest BCUT2D eigenvalue weighted by Crippen LogP contribution is 2.40. The first kappa shape index (κ1) is 19.1. The molecule has 5 heteroatoms. The second-order valence-electron chi connectivity index (χ2n) is 7.48. The van der Waals surface area contributed by atoms with Gasteiger partial charge in [0.25, 0.3) is 5.91 Å². The Morgan fingerprint density at radius 2 is 1.69 bits per heavy atom. The fraction of sp³-hybridized carbons (Fsp3) is 0.208. The summed E-state index contributed by atoms with van der Waals surface area (Å²) in [5.74, 6) is -0.759. The summed E-state index contributed by atoms with van der Waals surface area (Å²) < 4.78 is 27.3. The molecule has 29 heavy (non-hydrogen) atoms. The van der Waals surface area contributed by atoms with Gasteiger partial charge in [-0.05, 0) is 74.4 Å². The van der Waals surface area contributed by atoms with Crippen molar-refractivity contribution in [1.29, 1.82) is 0 Å². The molecule has 2 atom stereocenters. The number of benzene rings is 3. The first-order valence-corrected chi connectivity index (χ1v) is 9.65. The lowest BCUT2D eigenvalue weighted by Gasteiger charge is -2.40. The molecule has 0 unspecified atom stereocenters. The Labute approximate surface area is 169 Å². The van der Waals surface area contributed by atoms with Gasteiger partial charge in [0.2, 0.25) is 0 Å². The Bertz CT molecular complexity index is 1050. The number of carbonyl (C=O) groups is 1. The number of amides is 1. The van der Waals surface area contributed by atoms with E-state index in [2.05, 4.69) is 5.32 Å². The average molecular weight is 392 g/mol. The zero-order valence-corrected chi connectivity index (χ0v) is 16.3. The Morgan fingerprint density at radius 1 is 1.00 bits per heavy atom. The van der Waals surface area contributed by atoms with E-state index in [1.807, 2.05) is 38.1 Å². The van der Waals surface area contributed by atoms with Crippen molar-refractivity contribution in [2.24, 2.45) is 0 Å². The van der Waals surface area contributed by atoms with Crippen LogP contribution in [0.2, 0.25) is 0 Å². The quantitative estimate of drug-likeness (QED) is 0.605. The molecule has 1 amide bonds. The molecule has 1 aliphatic heterocycles. The molecule has 0 aromatic heterocycles. The SMILES string of the molecule is Cc1ccccc1C(=O)N1c2ccc(F)cc2[C@@H](Nc2ccc(F)cc2)C[C@H]1C. The molecule has 148 valence electrons. The van der Waals surface area contributed by atoms with Crippen LogP contribution in [0.1, 0.15) is 40.9 Å². The predicted molar refractivity (Wildman–Crippen MR) is 111 cm³/mol. The fourth-order valence-corrected chi connectivity index (χ4v) is 3.97. The van der Waals surface area contributed by atoms with Crippen molar-refractivity contribution in [3.8, 4) is 0 Å². The van der Waals surface area contributed by atoms with E-state index < -0.39 is 0 Å². The van der Waals surface area contributed by atoms with E-state index in [9.17, 15) is 13.6 Å². The van der Waals surface area contributed by atoms with E-state index in [1.54, 1.807) is 23.1 Å². The molecule has 1 aliphatic rings. The summed E-state index contributed by atoms with van der Waals surface area (Å²) in [7, 11) is 0. The standard InChI is InChI=1S/C24H22F2N2O/c1-15-5-3-4-6-20(15)24(29)28-16(2)13-22(21-14-18(26)9-12-23(21)28)27-19-10-7-17(25)8-11-19/h3-12,14,16,22,27H,13H2,1-2H3/t16-,22+/m1/s1. The van der Waals surface area contributed by atoms with Crippen LogP contribution in [0.5, 0.6) is 0 Å². The Balaban J connectivity index is 1.73. The van der Waals surface area contributed by atoms with Gasteiger partial charge in [-0.1, -0.05) is 18.2 Å². The minimum absolute atomic E-state index is 0.0938. The summed E-state index contributed by atoms with van der Waals surface area (Å²) in [5, 5.41) is 3.36. The second-order valence-corrected chi connectivity index (χ2v) is 7.48. The van der Waals surface area contributed by atoms with Gasteiger partial charge in [0.1, 0.15) is 11.6 Å². The highest BCUT2D eigenvalue weighted by Gasteiger charge is 2.35. The number of nitrogens with zero attached hydrogens (tertiary/aromatic N) is 1. The van der Waals surface area contributed by atoms with Gasteiger partial charge in [-0.15, -0.1) is 0 Å². The maximum Gasteiger partial charge on any atom is 0.258 e. The van der Waals surface area contributed by atoms with Crippen molar-refractivity contribution < 1.29 is 13.6 Å². The molecular formula is C24H22F2N2O. The summed E-state index contributed by atoms with van der Waals surface area (Å²) in [6.45, 7) is 3.90.